The van der Waals surface area contributed by atoms with Crippen molar-refractivity contribution in [1.82, 2.24) is 9.88 Å². The average Bonchev–Trinajstić information content (AvgIpc) is 3.12. The fourth-order valence-electron chi connectivity index (χ4n) is 4.25. The minimum atomic E-state index is -0.191. The van der Waals surface area contributed by atoms with E-state index in [0.717, 1.165) is 27.9 Å². The lowest BCUT2D eigenvalue weighted by Gasteiger charge is -2.28. The van der Waals surface area contributed by atoms with Crippen LogP contribution in [0, 0.1) is 20.8 Å². The molecule has 1 N–H and O–H groups in total. The summed E-state index contributed by atoms with van der Waals surface area (Å²) in [5.41, 5.74) is 6.13. The molecule has 0 aliphatic carbocycles. The summed E-state index contributed by atoms with van der Waals surface area (Å²) in [6.07, 6.45) is 0.841. The predicted octanol–water partition coefficient (Wildman–Crippen LogP) is 5.12. The molecule has 2 bridgehead atoms. The van der Waals surface area contributed by atoms with Gasteiger partial charge in [-0.3, -0.25) is 14.4 Å². The molecule has 2 heterocycles. The molecule has 1 aliphatic rings. The third-order valence-electron chi connectivity index (χ3n) is 5.40. The van der Waals surface area contributed by atoms with Crippen molar-refractivity contribution in [3.8, 4) is 0 Å². The monoisotopic (exact) mass is 452 g/mol. The van der Waals surface area contributed by atoms with Crippen LogP contribution >= 0.6 is 11.3 Å². The molecule has 0 radical (unpaired) electrons. The van der Waals surface area contributed by atoms with E-state index in [-0.39, 0.29) is 11.8 Å². The van der Waals surface area contributed by atoms with Crippen LogP contribution in [0.3, 0.4) is 0 Å². The number of carbonyl (C=O) groups excluding carboxylic acids is 2. The van der Waals surface area contributed by atoms with E-state index in [0.29, 0.717) is 41.6 Å². The zero-order chi connectivity index (χ0) is 23.0. The number of aromatic nitrogens is 1. The predicted molar refractivity (Wildman–Crippen MR) is 129 cm³/mol. The molecule has 2 amide bonds. The number of nitrogens with one attached hydrogen (secondary N) is 1. The van der Waals surface area contributed by atoms with E-state index in [4.69, 9.17) is 9.82 Å². The highest BCUT2D eigenvalue weighted by atomic mass is 32.1. The standard InChI is InChI=1S/C24H28N4O3S/c1-6-7-27-8-9-31-28(21-15(3)10-14(2)11-16(21)4)24-26-20-13-18(25-17(5)29)12-19(23(27)30)22(20)32-24/h10-13H,6-9H2,1-5H3,(H,25,29). The van der Waals surface area contributed by atoms with E-state index >= 15 is 0 Å². The molecule has 32 heavy (non-hydrogen) atoms. The molecule has 0 fully saturated rings. The van der Waals surface area contributed by atoms with E-state index in [1.807, 2.05) is 17.9 Å². The van der Waals surface area contributed by atoms with Gasteiger partial charge >= 0.3 is 0 Å². The maximum absolute atomic E-state index is 13.4. The van der Waals surface area contributed by atoms with Crippen LogP contribution in [0.15, 0.2) is 24.3 Å². The molecule has 7 nitrogen and oxygen atoms in total. The zero-order valence-electron chi connectivity index (χ0n) is 19.1. The van der Waals surface area contributed by atoms with E-state index in [2.05, 4.69) is 38.2 Å². The SMILES string of the molecule is CCCN1CCON(c2c(C)cc(C)cc2C)c2nc3cc(NC(C)=O)cc(c3s2)C1=O. The van der Waals surface area contributed by atoms with Crippen molar-refractivity contribution in [2.75, 3.05) is 30.1 Å². The van der Waals surface area contributed by atoms with Gasteiger partial charge in [-0.25, -0.2) is 4.98 Å². The van der Waals surface area contributed by atoms with Gasteiger partial charge in [-0.15, -0.1) is 0 Å². The number of rotatable bonds is 4. The van der Waals surface area contributed by atoms with Gasteiger partial charge in [0.25, 0.3) is 5.91 Å². The van der Waals surface area contributed by atoms with Crippen molar-refractivity contribution in [2.45, 2.75) is 41.0 Å². The number of amides is 2. The second kappa shape index (κ2) is 8.88. The summed E-state index contributed by atoms with van der Waals surface area (Å²) >= 11 is 1.43. The van der Waals surface area contributed by atoms with Crippen LogP contribution in [0.5, 0.6) is 0 Å². The molecule has 0 atom stereocenters. The fourth-order valence-corrected chi connectivity index (χ4v) is 5.27. The van der Waals surface area contributed by atoms with Crippen LogP contribution in [-0.2, 0) is 9.63 Å². The minimum absolute atomic E-state index is 0.0704. The summed E-state index contributed by atoms with van der Waals surface area (Å²) in [6, 6.07) is 7.82. The van der Waals surface area contributed by atoms with Crippen molar-refractivity contribution in [3.05, 3.63) is 46.5 Å². The quantitative estimate of drug-likeness (QED) is 0.595. The lowest BCUT2D eigenvalue weighted by molar-refractivity contribution is -0.114. The maximum Gasteiger partial charge on any atom is 0.255 e. The number of hydrogen-bond acceptors (Lipinski definition) is 6. The van der Waals surface area contributed by atoms with Crippen LogP contribution in [0.2, 0.25) is 0 Å². The highest BCUT2D eigenvalue weighted by Gasteiger charge is 2.27. The van der Waals surface area contributed by atoms with Gasteiger partial charge in [-0.2, -0.15) is 5.06 Å². The Labute approximate surface area is 191 Å². The number of aryl methyl sites for hydroxylation is 3. The Bertz CT molecular complexity index is 1180. The Morgan fingerprint density at radius 2 is 1.91 bits per heavy atom. The van der Waals surface area contributed by atoms with Crippen molar-refractivity contribution in [2.24, 2.45) is 0 Å². The molecule has 0 unspecified atom stereocenters. The number of carbonyl (C=O) groups is 2. The molecule has 1 aromatic heterocycles. The first-order chi connectivity index (χ1) is 15.3. The first kappa shape index (κ1) is 22.2. The van der Waals surface area contributed by atoms with E-state index in [1.54, 1.807) is 11.1 Å². The van der Waals surface area contributed by atoms with Gasteiger partial charge in [-0.05, 0) is 50.5 Å². The number of benzene rings is 2. The summed E-state index contributed by atoms with van der Waals surface area (Å²) in [4.78, 5) is 38.0. The van der Waals surface area contributed by atoms with Gasteiger partial charge < -0.3 is 10.2 Å². The highest BCUT2D eigenvalue weighted by Crippen LogP contribution is 2.40. The molecular formula is C24H28N4O3S. The lowest BCUT2D eigenvalue weighted by atomic mass is 10.1. The normalized spacial score (nSPS) is 14.3. The molecule has 3 aromatic rings. The van der Waals surface area contributed by atoms with Gasteiger partial charge in [-0.1, -0.05) is 36.0 Å². The average molecular weight is 453 g/mol. The Kier molecular flexibility index (Phi) is 6.17. The van der Waals surface area contributed by atoms with Crippen molar-refractivity contribution < 1.29 is 14.4 Å². The second-order valence-electron chi connectivity index (χ2n) is 8.22. The molecule has 0 saturated carbocycles. The Hall–Kier alpha value is -2.97. The number of nitrogens with zero attached hydrogens (tertiary/aromatic N) is 3. The van der Waals surface area contributed by atoms with Gasteiger partial charge in [0.2, 0.25) is 11.0 Å². The smallest absolute Gasteiger partial charge is 0.255 e. The molecule has 1 aliphatic heterocycles. The van der Waals surface area contributed by atoms with Crippen molar-refractivity contribution in [1.29, 1.82) is 0 Å². The Morgan fingerprint density at radius 3 is 2.56 bits per heavy atom. The fraction of sp³-hybridized carbons (Fsp3) is 0.375. The number of anilines is 3. The van der Waals surface area contributed by atoms with E-state index in [1.165, 1.54) is 23.8 Å². The Morgan fingerprint density at radius 1 is 1.19 bits per heavy atom. The van der Waals surface area contributed by atoms with Crippen molar-refractivity contribution >= 4 is 49.9 Å². The summed E-state index contributed by atoms with van der Waals surface area (Å²) < 4.78 is 0.790. The second-order valence-corrected chi connectivity index (χ2v) is 9.19. The number of hydrogen-bond donors (Lipinski definition) is 1. The van der Waals surface area contributed by atoms with Gasteiger partial charge in [0.15, 0.2) is 0 Å². The molecule has 8 heteroatoms. The third-order valence-corrected chi connectivity index (χ3v) is 6.48. The summed E-state index contributed by atoms with van der Waals surface area (Å²) in [7, 11) is 0. The minimum Gasteiger partial charge on any atom is -0.336 e. The molecular weight excluding hydrogens is 424 g/mol. The van der Waals surface area contributed by atoms with E-state index < -0.39 is 0 Å². The Balaban J connectivity index is 1.93. The summed E-state index contributed by atoms with van der Waals surface area (Å²) in [5, 5.41) is 5.26. The van der Waals surface area contributed by atoms with E-state index in [9.17, 15) is 9.59 Å². The van der Waals surface area contributed by atoms with Crippen LogP contribution in [0.1, 0.15) is 47.3 Å². The number of fused-ring (bicyclic) bond motifs is 1. The number of thiazole rings is 1. The first-order valence-corrected chi connectivity index (χ1v) is 11.6. The zero-order valence-corrected chi connectivity index (χ0v) is 19.9. The molecule has 2 aromatic carbocycles. The molecule has 0 spiro atoms. The molecule has 4 rings (SSSR count). The highest BCUT2D eigenvalue weighted by molar-refractivity contribution is 7.22. The first-order valence-electron chi connectivity index (χ1n) is 10.8. The van der Waals surface area contributed by atoms with Gasteiger partial charge in [0.05, 0.1) is 28.1 Å². The third kappa shape index (κ3) is 4.20. The molecule has 168 valence electrons. The molecule has 0 saturated heterocycles. The van der Waals surface area contributed by atoms with Crippen molar-refractivity contribution in [3.63, 3.8) is 0 Å². The topological polar surface area (TPSA) is 74.8 Å². The van der Waals surface area contributed by atoms with Gasteiger partial charge in [0.1, 0.15) is 0 Å². The largest absolute Gasteiger partial charge is 0.336 e. The van der Waals surface area contributed by atoms with Crippen LogP contribution < -0.4 is 10.4 Å². The van der Waals surface area contributed by atoms with Crippen LogP contribution in [0.25, 0.3) is 10.2 Å². The lowest BCUT2D eigenvalue weighted by Crippen LogP contribution is -2.36. The summed E-state index contributed by atoms with van der Waals surface area (Å²) in [6.45, 7) is 11.2. The van der Waals surface area contributed by atoms with Gasteiger partial charge in [0, 0.05) is 25.7 Å². The van der Waals surface area contributed by atoms with Crippen LogP contribution in [0.4, 0.5) is 16.5 Å². The van der Waals surface area contributed by atoms with Crippen LogP contribution in [-0.4, -0.2) is 41.4 Å². The maximum atomic E-state index is 13.4. The summed E-state index contributed by atoms with van der Waals surface area (Å²) in [5.74, 6) is -0.261.